The molecule has 5 heteroatoms. The molecular weight excluding hydrogens is 237 g/mol. The molecule has 1 aromatic rings. The fourth-order valence-electron chi connectivity index (χ4n) is 1.37. The summed E-state index contributed by atoms with van der Waals surface area (Å²) in [5.74, 6) is -0.722. The predicted octanol–water partition coefficient (Wildman–Crippen LogP) is 0.962. The van der Waals surface area contributed by atoms with Gasteiger partial charge in [0.1, 0.15) is 5.82 Å². The number of hydrogen-bond donors (Lipinski definition) is 2. The van der Waals surface area contributed by atoms with Crippen molar-refractivity contribution in [2.24, 2.45) is 0 Å². The number of nitrogens with one attached hydrogen (secondary N) is 1. The van der Waals surface area contributed by atoms with Gasteiger partial charge in [-0.15, -0.1) is 0 Å². The fourth-order valence-corrected chi connectivity index (χ4v) is 1.37. The Labute approximate surface area is 105 Å². The Morgan fingerprint density at radius 1 is 1.61 bits per heavy atom. The summed E-state index contributed by atoms with van der Waals surface area (Å²) in [4.78, 5) is 11.5. The fraction of sp³-hybridized carbons (Fsp3) is 0.308. The number of halogens is 1. The molecule has 0 spiro atoms. The summed E-state index contributed by atoms with van der Waals surface area (Å²) in [6.07, 6.45) is 2.78. The quantitative estimate of drug-likeness (QED) is 0.742. The third-order valence-corrected chi connectivity index (χ3v) is 2.21. The van der Waals surface area contributed by atoms with Crippen LogP contribution in [0.4, 0.5) is 4.39 Å². The summed E-state index contributed by atoms with van der Waals surface area (Å²) in [7, 11) is 1.48. The zero-order chi connectivity index (χ0) is 13.4. The lowest BCUT2D eigenvalue weighted by molar-refractivity contribution is -0.117. The molecule has 18 heavy (non-hydrogen) atoms. The van der Waals surface area contributed by atoms with Gasteiger partial charge in [0.25, 0.3) is 0 Å². The van der Waals surface area contributed by atoms with Gasteiger partial charge >= 0.3 is 0 Å². The van der Waals surface area contributed by atoms with E-state index in [0.717, 1.165) is 0 Å². The van der Waals surface area contributed by atoms with Gasteiger partial charge < -0.3 is 15.2 Å². The van der Waals surface area contributed by atoms with Crippen LogP contribution in [-0.4, -0.2) is 37.4 Å². The second-order valence-corrected chi connectivity index (χ2v) is 3.73. The molecule has 0 aliphatic rings. The molecule has 0 saturated carbocycles. The zero-order valence-electron chi connectivity index (χ0n) is 10.1. The molecule has 2 N–H and O–H groups in total. The van der Waals surface area contributed by atoms with E-state index in [4.69, 9.17) is 9.84 Å². The molecule has 0 radical (unpaired) electrons. The number of amides is 1. The topological polar surface area (TPSA) is 58.6 Å². The van der Waals surface area contributed by atoms with Crippen molar-refractivity contribution in [3.05, 3.63) is 41.7 Å². The second-order valence-electron chi connectivity index (χ2n) is 3.73. The Morgan fingerprint density at radius 3 is 3.00 bits per heavy atom. The Hall–Kier alpha value is -1.72. The number of benzene rings is 1. The SMILES string of the molecule is COCC(CO)NC(=O)/C=C/c1cccc(F)c1. The van der Waals surface area contributed by atoms with Crippen molar-refractivity contribution in [2.75, 3.05) is 20.3 Å². The van der Waals surface area contributed by atoms with Crippen LogP contribution in [0.1, 0.15) is 5.56 Å². The van der Waals surface area contributed by atoms with Crippen molar-refractivity contribution in [2.45, 2.75) is 6.04 Å². The number of carbonyl (C=O) groups excluding carboxylic acids is 1. The molecule has 1 aromatic carbocycles. The van der Waals surface area contributed by atoms with Crippen LogP contribution in [0.25, 0.3) is 6.08 Å². The van der Waals surface area contributed by atoms with Crippen molar-refractivity contribution in [3.8, 4) is 0 Å². The summed E-state index contributed by atoms with van der Waals surface area (Å²) in [6.45, 7) is 0.0312. The summed E-state index contributed by atoms with van der Waals surface area (Å²) in [5.41, 5.74) is 0.595. The Balaban J connectivity index is 2.53. The minimum atomic E-state index is -0.445. The first-order valence-corrected chi connectivity index (χ1v) is 5.49. The van der Waals surface area contributed by atoms with Crippen LogP contribution in [0.15, 0.2) is 30.3 Å². The van der Waals surface area contributed by atoms with E-state index >= 15 is 0 Å². The first-order valence-electron chi connectivity index (χ1n) is 5.49. The van der Waals surface area contributed by atoms with Gasteiger partial charge in [-0.3, -0.25) is 4.79 Å². The van der Waals surface area contributed by atoms with Crippen LogP contribution in [0, 0.1) is 5.82 Å². The van der Waals surface area contributed by atoms with Crippen molar-refractivity contribution in [1.29, 1.82) is 0 Å². The van der Waals surface area contributed by atoms with Crippen molar-refractivity contribution in [3.63, 3.8) is 0 Å². The molecule has 1 amide bonds. The standard InChI is InChI=1S/C13H16FNO3/c1-18-9-12(8-16)15-13(17)6-5-10-3-2-4-11(14)7-10/h2-7,12,16H,8-9H2,1H3,(H,15,17)/b6-5+. The molecule has 0 aliphatic heterocycles. The van der Waals surface area contributed by atoms with E-state index in [1.54, 1.807) is 12.1 Å². The highest BCUT2D eigenvalue weighted by Gasteiger charge is 2.08. The maximum atomic E-state index is 12.9. The number of rotatable bonds is 6. The van der Waals surface area contributed by atoms with Crippen LogP contribution in [0.2, 0.25) is 0 Å². The third kappa shape index (κ3) is 5.07. The molecule has 0 saturated heterocycles. The third-order valence-electron chi connectivity index (χ3n) is 2.21. The number of aliphatic hydroxyl groups is 1. The highest BCUT2D eigenvalue weighted by Crippen LogP contribution is 2.05. The van der Waals surface area contributed by atoms with E-state index in [2.05, 4.69) is 5.32 Å². The van der Waals surface area contributed by atoms with Gasteiger partial charge in [-0.1, -0.05) is 12.1 Å². The van der Waals surface area contributed by atoms with Crippen LogP contribution in [-0.2, 0) is 9.53 Å². The lowest BCUT2D eigenvalue weighted by atomic mass is 10.2. The summed E-state index contributed by atoms with van der Waals surface area (Å²) in [5, 5.41) is 11.5. The van der Waals surface area contributed by atoms with Crippen molar-refractivity contribution < 1.29 is 19.0 Å². The van der Waals surface area contributed by atoms with Gasteiger partial charge in [-0.25, -0.2) is 4.39 Å². The number of aliphatic hydroxyl groups excluding tert-OH is 1. The smallest absolute Gasteiger partial charge is 0.244 e. The molecule has 1 rings (SSSR count). The van der Waals surface area contributed by atoms with Gasteiger partial charge in [0.15, 0.2) is 0 Å². The molecule has 0 fully saturated rings. The van der Waals surface area contributed by atoms with Gasteiger partial charge in [-0.2, -0.15) is 0 Å². The van der Waals surface area contributed by atoms with Crippen LogP contribution in [0.5, 0.6) is 0 Å². The minimum absolute atomic E-state index is 0.201. The Morgan fingerprint density at radius 2 is 2.39 bits per heavy atom. The molecule has 0 aliphatic carbocycles. The van der Waals surface area contributed by atoms with E-state index in [-0.39, 0.29) is 24.9 Å². The van der Waals surface area contributed by atoms with E-state index in [9.17, 15) is 9.18 Å². The first kappa shape index (κ1) is 14.3. The van der Waals surface area contributed by atoms with E-state index < -0.39 is 6.04 Å². The van der Waals surface area contributed by atoms with E-state index in [0.29, 0.717) is 5.56 Å². The maximum absolute atomic E-state index is 12.9. The average Bonchev–Trinajstić information content (AvgIpc) is 2.36. The maximum Gasteiger partial charge on any atom is 0.244 e. The number of methoxy groups -OCH3 is 1. The molecule has 98 valence electrons. The van der Waals surface area contributed by atoms with Crippen LogP contribution < -0.4 is 5.32 Å². The van der Waals surface area contributed by atoms with Gasteiger partial charge in [0.05, 0.1) is 19.3 Å². The molecule has 0 heterocycles. The lowest BCUT2D eigenvalue weighted by Gasteiger charge is -2.13. The number of hydrogen-bond acceptors (Lipinski definition) is 3. The first-order chi connectivity index (χ1) is 8.65. The molecular formula is C13H16FNO3. The molecule has 1 atom stereocenters. The second kappa shape index (κ2) is 7.58. The van der Waals surface area contributed by atoms with Crippen LogP contribution in [0.3, 0.4) is 0 Å². The normalized spacial score (nSPS) is 12.6. The minimum Gasteiger partial charge on any atom is -0.394 e. The molecule has 1 unspecified atom stereocenters. The highest BCUT2D eigenvalue weighted by molar-refractivity contribution is 5.91. The van der Waals surface area contributed by atoms with E-state index in [1.807, 2.05) is 0 Å². The monoisotopic (exact) mass is 253 g/mol. The predicted molar refractivity (Wildman–Crippen MR) is 66.3 cm³/mol. The van der Waals surface area contributed by atoms with Gasteiger partial charge in [0, 0.05) is 13.2 Å². The highest BCUT2D eigenvalue weighted by atomic mass is 19.1. The summed E-state index contributed by atoms with van der Waals surface area (Å²) in [6, 6.07) is 5.46. The zero-order valence-corrected chi connectivity index (χ0v) is 10.1. The van der Waals surface area contributed by atoms with Gasteiger partial charge in [-0.05, 0) is 23.8 Å². The summed E-state index contributed by atoms with van der Waals surface area (Å²) >= 11 is 0. The molecule has 0 bridgehead atoms. The number of ether oxygens (including phenoxy) is 1. The Kier molecular flexibility index (Phi) is 6.04. The average molecular weight is 253 g/mol. The van der Waals surface area contributed by atoms with Crippen molar-refractivity contribution in [1.82, 2.24) is 5.32 Å². The Bertz CT molecular complexity index is 420. The van der Waals surface area contributed by atoms with Gasteiger partial charge in [0.2, 0.25) is 5.91 Å². The summed E-state index contributed by atoms with van der Waals surface area (Å²) < 4.78 is 17.7. The largest absolute Gasteiger partial charge is 0.394 e. The van der Waals surface area contributed by atoms with E-state index in [1.165, 1.54) is 31.4 Å². The van der Waals surface area contributed by atoms with Crippen LogP contribution >= 0.6 is 0 Å². The lowest BCUT2D eigenvalue weighted by Crippen LogP contribution is -2.39. The molecule has 0 aromatic heterocycles. The molecule has 4 nitrogen and oxygen atoms in total. The van der Waals surface area contributed by atoms with Crippen molar-refractivity contribution >= 4 is 12.0 Å². The number of carbonyl (C=O) groups is 1.